The molecule has 1 fully saturated rings. The highest BCUT2D eigenvalue weighted by atomic mass is 16.1. The van der Waals surface area contributed by atoms with E-state index in [4.69, 9.17) is 5.73 Å². The van der Waals surface area contributed by atoms with Gasteiger partial charge >= 0.3 is 0 Å². The first kappa shape index (κ1) is 16.0. The number of amides is 1. The lowest BCUT2D eigenvalue weighted by molar-refractivity contribution is -0.122. The van der Waals surface area contributed by atoms with E-state index in [-0.39, 0.29) is 11.9 Å². The van der Waals surface area contributed by atoms with Crippen LogP contribution in [0.4, 0.5) is 0 Å². The van der Waals surface area contributed by atoms with E-state index < -0.39 is 0 Å². The monoisotopic (exact) mass is 288 g/mol. The first-order valence-electron chi connectivity index (χ1n) is 8.26. The molecular formula is C18H28N2O. The number of carbonyl (C=O) groups is 1. The Balaban J connectivity index is 1.76. The molecule has 0 spiro atoms. The molecule has 1 aromatic rings. The molecule has 116 valence electrons. The zero-order valence-electron chi connectivity index (χ0n) is 13.1. The van der Waals surface area contributed by atoms with E-state index in [1.54, 1.807) is 0 Å². The summed E-state index contributed by atoms with van der Waals surface area (Å²) in [5.74, 6) is 0.749. The number of hydrogen-bond acceptors (Lipinski definition) is 2. The molecule has 3 atom stereocenters. The van der Waals surface area contributed by atoms with E-state index in [1.165, 1.54) is 25.7 Å². The van der Waals surface area contributed by atoms with Crippen LogP contribution in [0.25, 0.3) is 0 Å². The van der Waals surface area contributed by atoms with Crippen molar-refractivity contribution in [1.29, 1.82) is 0 Å². The van der Waals surface area contributed by atoms with Crippen molar-refractivity contribution >= 4 is 5.91 Å². The Labute approximate surface area is 128 Å². The van der Waals surface area contributed by atoms with Crippen LogP contribution in [-0.4, -0.2) is 11.9 Å². The lowest BCUT2D eigenvalue weighted by atomic mass is 9.96. The summed E-state index contributed by atoms with van der Waals surface area (Å²) in [5, 5.41) is 3.22. The van der Waals surface area contributed by atoms with Gasteiger partial charge in [-0.1, -0.05) is 56.5 Å². The number of nitrogens with one attached hydrogen (secondary N) is 1. The maximum atomic E-state index is 12.1. The summed E-state index contributed by atoms with van der Waals surface area (Å²) in [4.78, 5) is 12.1. The minimum Gasteiger partial charge on any atom is -0.353 e. The number of benzene rings is 1. The number of rotatable bonds is 5. The molecule has 2 rings (SSSR count). The average molecular weight is 288 g/mol. The van der Waals surface area contributed by atoms with Gasteiger partial charge in [-0.3, -0.25) is 4.79 Å². The van der Waals surface area contributed by atoms with Crippen LogP contribution in [0.2, 0.25) is 0 Å². The predicted octanol–water partition coefficient (Wildman–Crippen LogP) is 3.55. The van der Waals surface area contributed by atoms with Crippen LogP contribution in [-0.2, 0) is 4.79 Å². The summed E-state index contributed by atoms with van der Waals surface area (Å²) in [6, 6.07) is 10.3. The van der Waals surface area contributed by atoms with Gasteiger partial charge < -0.3 is 11.1 Å². The topological polar surface area (TPSA) is 55.1 Å². The Morgan fingerprint density at radius 2 is 1.95 bits per heavy atom. The van der Waals surface area contributed by atoms with Crippen LogP contribution in [0.5, 0.6) is 0 Å². The molecule has 1 aliphatic rings. The molecule has 3 N–H and O–H groups in total. The normalized spacial score (nSPS) is 24.1. The third-order valence-corrected chi connectivity index (χ3v) is 4.62. The Morgan fingerprint density at radius 1 is 1.24 bits per heavy atom. The highest BCUT2D eigenvalue weighted by Gasteiger charge is 2.21. The van der Waals surface area contributed by atoms with Gasteiger partial charge in [0.2, 0.25) is 5.91 Å². The van der Waals surface area contributed by atoms with Crippen LogP contribution in [0.15, 0.2) is 30.3 Å². The minimum atomic E-state index is -0.0523. The maximum absolute atomic E-state index is 12.1. The van der Waals surface area contributed by atoms with E-state index >= 15 is 0 Å². The summed E-state index contributed by atoms with van der Waals surface area (Å²) in [6.45, 7) is 2.26. The Kier molecular flexibility index (Phi) is 6.24. The van der Waals surface area contributed by atoms with Crippen molar-refractivity contribution in [3.63, 3.8) is 0 Å². The van der Waals surface area contributed by atoms with Gasteiger partial charge in [0.15, 0.2) is 0 Å². The van der Waals surface area contributed by atoms with Gasteiger partial charge in [-0.2, -0.15) is 0 Å². The van der Waals surface area contributed by atoms with Gasteiger partial charge in [-0.05, 0) is 30.7 Å². The molecule has 21 heavy (non-hydrogen) atoms. The van der Waals surface area contributed by atoms with Crippen LogP contribution >= 0.6 is 0 Å². The van der Waals surface area contributed by atoms with Crippen molar-refractivity contribution in [2.45, 2.75) is 64.0 Å². The van der Waals surface area contributed by atoms with Crippen molar-refractivity contribution in [1.82, 2.24) is 5.32 Å². The smallest absolute Gasteiger partial charge is 0.220 e. The Morgan fingerprint density at radius 3 is 2.71 bits per heavy atom. The zero-order chi connectivity index (χ0) is 15.1. The Hall–Kier alpha value is -1.35. The lowest BCUT2D eigenvalue weighted by Crippen LogP contribution is -2.39. The van der Waals surface area contributed by atoms with Crippen molar-refractivity contribution in [2.24, 2.45) is 11.7 Å². The molecule has 3 nitrogen and oxygen atoms in total. The summed E-state index contributed by atoms with van der Waals surface area (Å²) >= 11 is 0. The number of carbonyl (C=O) groups excluding carboxylic acids is 1. The molecule has 1 amide bonds. The molecule has 0 radical (unpaired) electrons. The molecular weight excluding hydrogens is 260 g/mol. The number of hydrogen-bond donors (Lipinski definition) is 2. The fraction of sp³-hybridized carbons (Fsp3) is 0.611. The fourth-order valence-electron chi connectivity index (χ4n) is 3.14. The van der Waals surface area contributed by atoms with Crippen molar-refractivity contribution in [2.75, 3.05) is 0 Å². The third-order valence-electron chi connectivity index (χ3n) is 4.62. The van der Waals surface area contributed by atoms with Crippen molar-refractivity contribution in [3.05, 3.63) is 35.9 Å². The molecule has 0 heterocycles. The minimum absolute atomic E-state index is 0.0523. The van der Waals surface area contributed by atoms with Crippen LogP contribution in [0.3, 0.4) is 0 Å². The van der Waals surface area contributed by atoms with Crippen molar-refractivity contribution < 1.29 is 4.79 Å². The van der Waals surface area contributed by atoms with Gasteiger partial charge in [0.25, 0.3) is 0 Å². The standard InChI is InChI=1S/C18H28N2O/c1-14-8-4-2-7-11-17(14)20-18(21)13-12-16(19)15-9-5-3-6-10-15/h3,5-6,9-10,14,16-17H,2,4,7-8,11-13,19H2,1H3,(H,20,21). The largest absolute Gasteiger partial charge is 0.353 e. The molecule has 1 aliphatic carbocycles. The first-order valence-corrected chi connectivity index (χ1v) is 8.26. The first-order chi connectivity index (χ1) is 10.2. The SMILES string of the molecule is CC1CCCCCC1NC(=O)CCC(N)c1ccccc1. The highest BCUT2D eigenvalue weighted by molar-refractivity contribution is 5.76. The average Bonchev–Trinajstić information content (AvgIpc) is 2.71. The quantitative estimate of drug-likeness (QED) is 0.814. The second-order valence-electron chi connectivity index (χ2n) is 6.35. The van der Waals surface area contributed by atoms with Gasteiger partial charge in [0.05, 0.1) is 0 Å². The lowest BCUT2D eigenvalue weighted by Gasteiger charge is -2.23. The van der Waals surface area contributed by atoms with E-state index in [2.05, 4.69) is 12.2 Å². The second kappa shape index (κ2) is 8.18. The highest BCUT2D eigenvalue weighted by Crippen LogP contribution is 2.23. The number of nitrogens with two attached hydrogens (primary N) is 1. The Bertz CT molecular complexity index is 432. The molecule has 0 bridgehead atoms. The molecule has 1 aromatic carbocycles. The summed E-state index contributed by atoms with van der Waals surface area (Å²) < 4.78 is 0. The van der Waals surface area contributed by atoms with Crippen LogP contribution in [0, 0.1) is 5.92 Å². The van der Waals surface area contributed by atoms with Crippen LogP contribution in [0.1, 0.15) is 63.5 Å². The summed E-state index contributed by atoms with van der Waals surface area (Å²) in [5.41, 5.74) is 7.25. The molecule has 0 aliphatic heterocycles. The van der Waals surface area contributed by atoms with Crippen molar-refractivity contribution in [3.8, 4) is 0 Å². The van der Waals surface area contributed by atoms with Gasteiger partial charge in [0, 0.05) is 18.5 Å². The van der Waals surface area contributed by atoms with E-state index in [1.807, 2.05) is 30.3 Å². The molecule has 0 aromatic heterocycles. The van der Waals surface area contributed by atoms with E-state index in [0.717, 1.165) is 12.0 Å². The van der Waals surface area contributed by atoms with E-state index in [0.29, 0.717) is 24.8 Å². The zero-order valence-corrected chi connectivity index (χ0v) is 13.1. The fourth-order valence-corrected chi connectivity index (χ4v) is 3.14. The maximum Gasteiger partial charge on any atom is 0.220 e. The predicted molar refractivity (Wildman–Crippen MR) is 86.8 cm³/mol. The van der Waals surface area contributed by atoms with Crippen LogP contribution < -0.4 is 11.1 Å². The molecule has 1 saturated carbocycles. The summed E-state index contributed by atoms with van der Waals surface area (Å²) in [7, 11) is 0. The molecule has 0 saturated heterocycles. The third kappa shape index (κ3) is 5.16. The van der Waals surface area contributed by atoms with Gasteiger partial charge in [0.1, 0.15) is 0 Å². The van der Waals surface area contributed by atoms with E-state index in [9.17, 15) is 4.79 Å². The molecule has 3 unspecified atom stereocenters. The molecule has 3 heteroatoms. The second-order valence-corrected chi connectivity index (χ2v) is 6.35. The summed E-state index contributed by atoms with van der Waals surface area (Å²) in [6.07, 6.45) is 7.41. The van der Waals surface area contributed by atoms with Gasteiger partial charge in [-0.25, -0.2) is 0 Å². The van der Waals surface area contributed by atoms with Gasteiger partial charge in [-0.15, -0.1) is 0 Å².